The predicted molar refractivity (Wildman–Crippen MR) is 119 cm³/mol. The number of aliphatic carboxylic acids is 1. The Morgan fingerprint density at radius 1 is 0.897 bits per heavy atom. The zero-order chi connectivity index (χ0) is 29.5. The Morgan fingerprint density at radius 2 is 1.44 bits per heavy atom. The fourth-order valence-corrected chi connectivity index (χ4v) is 4.78. The normalized spacial score (nSPS) is 18.9. The van der Waals surface area contributed by atoms with Crippen LogP contribution in [0.3, 0.4) is 0 Å². The van der Waals surface area contributed by atoms with Crippen LogP contribution in [0.4, 0.5) is 50.0 Å². The highest BCUT2D eigenvalue weighted by atomic mass is 19.4. The van der Waals surface area contributed by atoms with Crippen molar-refractivity contribution in [1.82, 2.24) is 0 Å². The van der Waals surface area contributed by atoms with E-state index in [9.17, 15) is 54.2 Å². The molecule has 0 aliphatic carbocycles. The summed E-state index contributed by atoms with van der Waals surface area (Å²) in [5.41, 5.74) is -6.22. The molecular weight excluding hydrogens is 549 g/mol. The van der Waals surface area contributed by atoms with Gasteiger partial charge in [0, 0.05) is 12.0 Å². The van der Waals surface area contributed by atoms with E-state index in [1.54, 1.807) is 6.92 Å². The lowest BCUT2D eigenvalue weighted by Gasteiger charge is -2.42. The Labute approximate surface area is 216 Å². The molecule has 1 aliphatic rings. The third-order valence-corrected chi connectivity index (χ3v) is 6.48. The van der Waals surface area contributed by atoms with E-state index in [0.717, 1.165) is 11.0 Å². The summed E-state index contributed by atoms with van der Waals surface area (Å²) in [5.74, 6) is -5.50. The molecule has 1 N–H and O–H groups in total. The van der Waals surface area contributed by atoms with Crippen molar-refractivity contribution in [1.29, 1.82) is 0 Å². The van der Waals surface area contributed by atoms with Gasteiger partial charge in [-0.1, -0.05) is 6.92 Å². The van der Waals surface area contributed by atoms with Gasteiger partial charge in [0.15, 0.2) is 0 Å². The molecule has 0 fully saturated rings. The quantitative estimate of drug-likeness (QED) is 0.372. The number of nitrogens with zero attached hydrogens (tertiary/aromatic N) is 1. The lowest BCUT2D eigenvalue weighted by Crippen LogP contribution is -2.46. The fourth-order valence-electron chi connectivity index (χ4n) is 4.78. The molecule has 3 atom stereocenters. The van der Waals surface area contributed by atoms with Crippen LogP contribution < -0.4 is 4.90 Å². The van der Waals surface area contributed by atoms with Gasteiger partial charge in [0.2, 0.25) is 0 Å². The second-order valence-electron chi connectivity index (χ2n) is 8.90. The first-order valence-corrected chi connectivity index (χ1v) is 11.6. The summed E-state index contributed by atoms with van der Waals surface area (Å²) in [5, 5.41) is 10.0. The van der Waals surface area contributed by atoms with E-state index < -0.39 is 70.7 Å². The number of alkyl halides is 9. The van der Waals surface area contributed by atoms with Crippen molar-refractivity contribution >= 4 is 17.7 Å². The summed E-state index contributed by atoms with van der Waals surface area (Å²) in [6.07, 6.45) is -16.7. The highest BCUT2D eigenvalue weighted by molar-refractivity contribution is 5.91. The molecule has 3 rings (SSSR count). The molecule has 2 aromatic rings. The number of amides is 1. The molecule has 1 amide bonds. The van der Waals surface area contributed by atoms with Crippen molar-refractivity contribution in [3.8, 4) is 0 Å². The van der Waals surface area contributed by atoms with Crippen LogP contribution in [0.25, 0.3) is 0 Å². The summed E-state index contributed by atoms with van der Waals surface area (Å²) in [4.78, 5) is 26.2. The van der Waals surface area contributed by atoms with Gasteiger partial charge in [-0.3, -0.25) is 9.69 Å². The monoisotopic (exact) mass is 571 g/mol. The van der Waals surface area contributed by atoms with E-state index >= 15 is 0 Å². The molecule has 0 bridgehead atoms. The van der Waals surface area contributed by atoms with E-state index in [1.807, 2.05) is 0 Å². The molecule has 0 spiro atoms. The Hall–Kier alpha value is -3.45. The van der Waals surface area contributed by atoms with Crippen molar-refractivity contribution in [2.45, 2.75) is 63.1 Å². The van der Waals surface area contributed by atoms with Crippen LogP contribution in [0.2, 0.25) is 0 Å². The molecule has 1 aliphatic heterocycles. The Balaban J connectivity index is 2.33. The predicted octanol–water partition coefficient (Wildman–Crippen LogP) is 7.84. The molecule has 39 heavy (non-hydrogen) atoms. The summed E-state index contributed by atoms with van der Waals surface area (Å²) in [6.45, 7) is 2.95. The van der Waals surface area contributed by atoms with Crippen LogP contribution in [0.1, 0.15) is 66.3 Å². The van der Waals surface area contributed by atoms with Crippen LogP contribution in [0.5, 0.6) is 0 Å². The lowest BCUT2D eigenvalue weighted by molar-refractivity contribution is -0.144. The maximum absolute atomic E-state index is 13.6. The van der Waals surface area contributed by atoms with Gasteiger partial charge in [0.05, 0.1) is 34.9 Å². The number of carbonyl (C=O) groups is 2. The van der Waals surface area contributed by atoms with Crippen LogP contribution in [-0.2, 0) is 28.1 Å². The first kappa shape index (κ1) is 30.1. The van der Waals surface area contributed by atoms with Crippen molar-refractivity contribution in [3.05, 3.63) is 64.2 Å². The van der Waals surface area contributed by atoms with E-state index in [1.165, 1.54) is 6.92 Å². The SMILES string of the molecule is CCOC(=O)N1c2ccc(C(F)(F)F)cc2[C@H]([C@@H](C(=O)O)c2cc(C(F)(F)F)cc(C(F)(F)F)c2)C[C@H]1CC. The average Bonchev–Trinajstić information content (AvgIpc) is 2.81. The van der Waals surface area contributed by atoms with Crippen LogP contribution in [-0.4, -0.2) is 29.8 Å². The van der Waals surface area contributed by atoms with Gasteiger partial charge in [0.25, 0.3) is 0 Å². The van der Waals surface area contributed by atoms with E-state index in [4.69, 9.17) is 4.74 Å². The number of anilines is 1. The molecule has 14 heteroatoms. The number of halogens is 9. The van der Waals surface area contributed by atoms with Crippen molar-refractivity contribution < 1.29 is 58.9 Å². The van der Waals surface area contributed by atoms with Crippen LogP contribution in [0, 0.1) is 0 Å². The number of carboxylic acids is 1. The standard InChI is InChI=1S/C25H22F9NO4/c1-3-16-11-18(17-10-13(23(26,27)28)5-6-19(17)35(16)22(38)39-4-2)20(21(36)37)12-7-14(24(29,30)31)9-15(8-12)25(32,33)34/h5-10,16,18,20H,3-4,11H2,1-2H3,(H,36,37)/t16-,18-,20+/m1/s1. The Bertz CT molecular complexity index is 1210. The molecule has 0 radical (unpaired) electrons. The molecule has 0 saturated heterocycles. The second-order valence-corrected chi connectivity index (χ2v) is 8.90. The highest BCUT2D eigenvalue weighted by Crippen LogP contribution is 2.49. The van der Waals surface area contributed by atoms with Gasteiger partial charge >= 0.3 is 30.6 Å². The largest absolute Gasteiger partial charge is 0.481 e. The molecule has 0 saturated carbocycles. The minimum Gasteiger partial charge on any atom is -0.481 e. The molecule has 0 unspecified atom stereocenters. The van der Waals surface area contributed by atoms with Gasteiger partial charge in [-0.25, -0.2) is 4.79 Å². The first-order chi connectivity index (χ1) is 17.9. The van der Waals surface area contributed by atoms with E-state index in [-0.39, 0.29) is 48.9 Å². The molecule has 214 valence electrons. The fraction of sp³-hybridized carbons (Fsp3) is 0.440. The van der Waals surface area contributed by atoms with Crippen LogP contribution >= 0.6 is 0 Å². The third-order valence-electron chi connectivity index (χ3n) is 6.48. The first-order valence-electron chi connectivity index (χ1n) is 11.6. The summed E-state index contributed by atoms with van der Waals surface area (Å²) >= 11 is 0. The maximum Gasteiger partial charge on any atom is 0.416 e. The number of rotatable bonds is 5. The summed E-state index contributed by atoms with van der Waals surface area (Å²) in [7, 11) is 0. The van der Waals surface area contributed by atoms with E-state index in [2.05, 4.69) is 0 Å². The van der Waals surface area contributed by atoms with Gasteiger partial charge in [-0.15, -0.1) is 0 Å². The topological polar surface area (TPSA) is 66.8 Å². The lowest BCUT2D eigenvalue weighted by atomic mass is 9.73. The van der Waals surface area contributed by atoms with Crippen molar-refractivity contribution in [3.63, 3.8) is 0 Å². The molecule has 5 nitrogen and oxygen atoms in total. The van der Waals surface area contributed by atoms with Crippen molar-refractivity contribution in [2.24, 2.45) is 0 Å². The van der Waals surface area contributed by atoms with Gasteiger partial charge in [-0.05, 0) is 67.3 Å². The zero-order valence-electron chi connectivity index (χ0n) is 20.3. The number of ether oxygens (including phenoxy) is 1. The number of fused-ring (bicyclic) bond motifs is 1. The number of benzene rings is 2. The van der Waals surface area contributed by atoms with Gasteiger partial charge in [-0.2, -0.15) is 39.5 Å². The van der Waals surface area contributed by atoms with Gasteiger partial charge < -0.3 is 9.84 Å². The minimum atomic E-state index is -5.28. The molecular formula is C25H22F9NO4. The Kier molecular flexibility index (Phi) is 8.19. The average molecular weight is 571 g/mol. The number of hydrogen-bond donors (Lipinski definition) is 1. The molecule has 2 aromatic carbocycles. The number of carbonyl (C=O) groups excluding carboxylic acids is 1. The number of carboxylic acid groups (broad SMARTS) is 1. The molecule has 0 aromatic heterocycles. The third kappa shape index (κ3) is 6.25. The minimum absolute atomic E-state index is 0.104. The van der Waals surface area contributed by atoms with E-state index in [0.29, 0.717) is 12.1 Å². The molecule has 1 heterocycles. The Morgan fingerprint density at radius 3 is 1.87 bits per heavy atom. The highest BCUT2D eigenvalue weighted by Gasteiger charge is 2.45. The summed E-state index contributed by atoms with van der Waals surface area (Å²) < 4.78 is 127. The summed E-state index contributed by atoms with van der Waals surface area (Å²) in [6, 6.07) is 1.56. The van der Waals surface area contributed by atoms with Gasteiger partial charge in [0.1, 0.15) is 0 Å². The second kappa shape index (κ2) is 10.6. The maximum atomic E-state index is 13.6. The number of hydrogen-bond acceptors (Lipinski definition) is 3. The smallest absolute Gasteiger partial charge is 0.416 e. The zero-order valence-corrected chi connectivity index (χ0v) is 20.3. The van der Waals surface area contributed by atoms with Crippen molar-refractivity contribution in [2.75, 3.05) is 11.5 Å². The van der Waals surface area contributed by atoms with Crippen LogP contribution in [0.15, 0.2) is 36.4 Å².